The van der Waals surface area contributed by atoms with Crippen molar-refractivity contribution in [1.29, 1.82) is 0 Å². The molecule has 3 nitrogen and oxygen atoms in total. The minimum Gasteiger partial charge on any atom is -0.465 e. The van der Waals surface area contributed by atoms with Crippen LogP contribution in [-0.4, -0.2) is 23.8 Å². The zero-order valence-corrected chi connectivity index (χ0v) is 7.25. The summed E-state index contributed by atoms with van der Waals surface area (Å²) in [4.78, 5) is 11.3. The van der Waals surface area contributed by atoms with E-state index in [1.54, 1.807) is 13.0 Å². The van der Waals surface area contributed by atoms with E-state index in [1.807, 2.05) is 0 Å². The molecule has 1 rings (SSSR count). The summed E-state index contributed by atoms with van der Waals surface area (Å²) in [6, 6.07) is 0. The molecule has 0 saturated carbocycles. The van der Waals surface area contributed by atoms with E-state index in [4.69, 9.17) is 4.74 Å². The summed E-state index contributed by atoms with van der Waals surface area (Å²) < 4.78 is 4.84. The van der Waals surface area contributed by atoms with Crippen molar-refractivity contribution < 1.29 is 14.6 Å². The normalized spacial score (nSPS) is 31.3. The minimum atomic E-state index is -0.720. The third kappa shape index (κ3) is 1.25. The van der Waals surface area contributed by atoms with E-state index in [1.165, 1.54) is 0 Å². The molecule has 0 bridgehead atoms. The third-order valence-corrected chi connectivity index (χ3v) is 2.50. The fourth-order valence-corrected chi connectivity index (χ4v) is 1.56. The number of rotatable bonds is 3. The van der Waals surface area contributed by atoms with Gasteiger partial charge in [0.05, 0.1) is 12.7 Å². The third-order valence-electron chi connectivity index (χ3n) is 2.50. The summed E-state index contributed by atoms with van der Waals surface area (Å²) in [7, 11) is 0. The van der Waals surface area contributed by atoms with Gasteiger partial charge in [-0.25, -0.2) is 0 Å². The van der Waals surface area contributed by atoms with Crippen LogP contribution in [0.2, 0.25) is 0 Å². The highest BCUT2D eigenvalue weighted by atomic mass is 16.5. The van der Waals surface area contributed by atoms with Crippen LogP contribution in [0.5, 0.6) is 0 Å². The predicted octanol–water partition coefficient (Wildman–Crippen LogP) is 0.877. The molecule has 0 aromatic rings. The lowest BCUT2D eigenvalue weighted by molar-refractivity contribution is -0.150. The van der Waals surface area contributed by atoms with Crippen molar-refractivity contribution in [1.82, 2.24) is 0 Å². The molecule has 0 unspecified atom stereocenters. The maximum Gasteiger partial charge on any atom is 0.315 e. The van der Waals surface area contributed by atoms with Gasteiger partial charge < -0.3 is 9.84 Å². The highest BCUT2D eigenvalue weighted by Crippen LogP contribution is 2.37. The largest absolute Gasteiger partial charge is 0.465 e. The van der Waals surface area contributed by atoms with Crippen LogP contribution >= 0.6 is 0 Å². The van der Waals surface area contributed by atoms with Crippen LogP contribution < -0.4 is 0 Å². The number of hydrogen-bond acceptors (Lipinski definition) is 3. The molecule has 0 aromatic heterocycles. The number of esters is 1. The first-order chi connectivity index (χ1) is 5.63. The van der Waals surface area contributed by atoms with Crippen molar-refractivity contribution in [3.63, 3.8) is 0 Å². The topological polar surface area (TPSA) is 46.5 Å². The number of aliphatic hydroxyl groups excluding tert-OH is 1. The van der Waals surface area contributed by atoms with E-state index < -0.39 is 11.5 Å². The summed E-state index contributed by atoms with van der Waals surface area (Å²) in [6.07, 6.45) is 2.07. The monoisotopic (exact) mass is 170 g/mol. The molecular weight excluding hydrogens is 156 g/mol. The van der Waals surface area contributed by atoms with Gasteiger partial charge in [-0.05, 0) is 13.3 Å². The Morgan fingerprint density at radius 2 is 2.58 bits per heavy atom. The summed E-state index contributed by atoms with van der Waals surface area (Å²) in [5.41, 5.74) is -0.720. The Kier molecular flexibility index (Phi) is 2.52. The van der Waals surface area contributed by atoms with Crippen molar-refractivity contribution in [3.8, 4) is 0 Å². The molecule has 1 saturated heterocycles. The lowest BCUT2D eigenvalue weighted by Crippen LogP contribution is -2.37. The van der Waals surface area contributed by atoms with E-state index in [9.17, 15) is 9.90 Å². The fraction of sp³-hybridized carbons (Fsp3) is 0.667. The van der Waals surface area contributed by atoms with Gasteiger partial charge in [0.1, 0.15) is 5.41 Å². The van der Waals surface area contributed by atoms with Crippen LogP contribution in [0.15, 0.2) is 12.7 Å². The number of allylic oxidation sites excluding steroid dienone is 1. The first kappa shape index (κ1) is 9.26. The molecule has 2 atom stereocenters. The first-order valence-corrected chi connectivity index (χ1v) is 4.09. The minimum absolute atomic E-state index is 0.294. The van der Waals surface area contributed by atoms with E-state index >= 15 is 0 Å². The number of carbonyl (C=O) groups excluding carboxylic acids is 1. The van der Waals surface area contributed by atoms with Gasteiger partial charge in [-0.3, -0.25) is 4.79 Å². The van der Waals surface area contributed by atoms with Crippen LogP contribution in [0.3, 0.4) is 0 Å². The van der Waals surface area contributed by atoms with Crippen LogP contribution in [0, 0.1) is 5.41 Å². The van der Waals surface area contributed by atoms with Crippen LogP contribution in [0.25, 0.3) is 0 Å². The quantitative estimate of drug-likeness (QED) is 0.505. The van der Waals surface area contributed by atoms with Crippen LogP contribution in [0.1, 0.15) is 19.8 Å². The molecule has 0 spiro atoms. The zero-order valence-electron chi connectivity index (χ0n) is 7.25. The van der Waals surface area contributed by atoms with Gasteiger partial charge in [0.25, 0.3) is 0 Å². The Hall–Kier alpha value is -0.830. The molecule has 0 amide bonds. The van der Waals surface area contributed by atoms with Crippen molar-refractivity contribution >= 4 is 5.97 Å². The average Bonchev–Trinajstić information content (AvgIpc) is 2.34. The Bertz CT molecular complexity index is 198. The number of hydrogen-bond donors (Lipinski definition) is 1. The molecule has 1 fully saturated rings. The van der Waals surface area contributed by atoms with Gasteiger partial charge in [0, 0.05) is 6.42 Å². The highest BCUT2D eigenvalue weighted by Gasteiger charge is 2.47. The van der Waals surface area contributed by atoms with Gasteiger partial charge in [-0.15, -0.1) is 6.58 Å². The maximum atomic E-state index is 11.3. The molecular formula is C9H14O3. The Morgan fingerprint density at radius 1 is 1.92 bits per heavy atom. The standard InChI is InChI=1S/C9H14O3/c1-3-4-9(7(2)10)5-6-12-8(9)11/h3,7,10H,1,4-6H2,2H3/t7-,9-/m0/s1. The second-order valence-electron chi connectivity index (χ2n) is 3.21. The van der Waals surface area contributed by atoms with Crippen LogP contribution in [-0.2, 0) is 9.53 Å². The lowest BCUT2D eigenvalue weighted by atomic mass is 9.78. The molecule has 3 heteroatoms. The average molecular weight is 170 g/mol. The number of ether oxygens (including phenoxy) is 1. The van der Waals surface area contributed by atoms with Crippen molar-refractivity contribution in [2.45, 2.75) is 25.9 Å². The molecule has 1 aliphatic rings. The Morgan fingerprint density at radius 3 is 2.92 bits per heavy atom. The molecule has 1 heterocycles. The van der Waals surface area contributed by atoms with Crippen molar-refractivity contribution in [2.75, 3.05) is 6.61 Å². The van der Waals surface area contributed by atoms with Gasteiger partial charge in [-0.1, -0.05) is 6.08 Å². The van der Waals surface area contributed by atoms with Gasteiger partial charge in [0.2, 0.25) is 0 Å². The van der Waals surface area contributed by atoms with Crippen molar-refractivity contribution in [3.05, 3.63) is 12.7 Å². The predicted molar refractivity (Wildman–Crippen MR) is 44.5 cm³/mol. The zero-order chi connectivity index (χ0) is 9.19. The Balaban J connectivity index is 2.84. The molecule has 0 radical (unpaired) electrons. The molecule has 0 aromatic carbocycles. The number of aliphatic hydroxyl groups is 1. The molecule has 12 heavy (non-hydrogen) atoms. The second kappa shape index (κ2) is 3.27. The Labute approximate surface area is 72.0 Å². The van der Waals surface area contributed by atoms with E-state index in [0.717, 1.165) is 0 Å². The smallest absolute Gasteiger partial charge is 0.315 e. The summed E-state index contributed by atoms with van der Waals surface area (Å²) in [5, 5.41) is 9.46. The second-order valence-corrected chi connectivity index (χ2v) is 3.21. The SMILES string of the molecule is C=CC[C@@]1([C@H](C)O)CCOC1=O. The lowest BCUT2D eigenvalue weighted by Gasteiger charge is -2.25. The van der Waals surface area contributed by atoms with Crippen LogP contribution in [0.4, 0.5) is 0 Å². The molecule has 1 aliphatic heterocycles. The first-order valence-electron chi connectivity index (χ1n) is 4.09. The van der Waals surface area contributed by atoms with E-state index in [-0.39, 0.29) is 5.97 Å². The fourth-order valence-electron chi connectivity index (χ4n) is 1.56. The number of cyclic esters (lactones) is 1. The van der Waals surface area contributed by atoms with E-state index in [2.05, 4.69) is 6.58 Å². The molecule has 68 valence electrons. The maximum absolute atomic E-state index is 11.3. The highest BCUT2D eigenvalue weighted by molar-refractivity contribution is 5.79. The summed E-state index contributed by atoms with van der Waals surface area (Å²) in [5.74, 6) is -0.294. The summed E-state index contributed by atoms with van der Waals surface area (Å²) in [6.45, 7) is 5.60. The van der Waals surface area contributed by atoms with Gasteiger partial charge in [0.15, 0.2) is 0 Å². The van der Waals surface area contributed by atoms with E-state index in [0.29, 0.717) is 19.4 Å². The molecule has 0 aliphatic carbocycles. The summed E-state index contributed by atoms with van der Waals surface area (Å²) >= 11 is 0. The molecule has 1 N–H and O–H groups in total. The number of carbonyl (C=O) groups is 1. The van der Waals surface area contributed by atoms with Gasteiger partial charge >= 0.3 is 5.97 Å². The van der Waals surface area contributed by atoms with Gasteiger partial charge in [-0.2, -0.15) is 0 Å². The van der Waals surface area contributed by atoms with Crippen molar-refractivity contribution in [2.24, 2.45) is 5.41 Å².